The van der Waals surface area contributed by atoms with Crippen molar-refractivity contribution in [3.05, 3.63) is 47.5 Å². The number of rotatable bonds is 6. The van der Waals surface area contributed by atoms with Crippen LogP contribution < -0.4 is 0 Å². The van der Waals surface area contributed by atoms with Crippen LogP contribution in [0.3, 0.4) is 0 Å². The Morgan fingerprint density at radius 2 is 1.86 bits per heavy atom. The number of carbonyl (C=O) groups is 1. The highest BCUT2D eigenvalue weighted by atomic mass is 16.4. The lowest BCUT2D eigenvalue weighted by atomic mass is 9.78. The molecule has 0 spiro atoms. The molecule has 0 saturated heterocycles. The highest BCUT2D eigenvalue weighted by molar-refractivity contribution is 5.87. The molecule has 1 aliphatic carbocycles. The van der Waals surface area contributed by atoms with Crippen LogP contribution in [0.2, 0.25) is 0 Å². The van der Waals surface area contributed by atoms with Crippen molar-refractivity contribution < 1.29 is 9.90 Å². The number of hydrogen-bond donors (Lipinski definition) is 1. The Morgan fingerprint density at radius 3 is 2.43 bits per heavy atom. The molecule has 0 bridgehead atoms. The van der Waals surface area contributed by atoms with Crippen LogP contribution in [0.4, 0.5) is 0 Å². The van der Waals surface area contributed by atoms with Gasteiger partial charge in [-0.3, -0.25) is 0 Å². The summed E-state index contributed by atoms with van der Waals surface area (Å²) in [6, 6.07) is 7.44. The number of hydrogen-bond acceptors (Lipinski definition) is 1. The van der Waals surface area contributed by atoms with Crippen LogP contribution in [0.15, 0.2) is 36.4 Å². The zero-order valence-corrected chi connectivity index (χ0v) is 12.9. The van der Waals surface area contributed by atoms with Crippen LogP contribution in [0, 0.1) is 5.92 Å². The molecule has 21 heavy (non-hydrogen) atoms. The molecule has 1 N–H and O–H groups in total. The van der Waals surface area contributed by atoms with Gasteiger partial charge in [-0.1, -0.05) is 44.1 Å². The summed E-state index contributed by atoms with van der Waals surface area (Å²) < 4.78 is 0. The summed E-state index contributed by atoms with van der Waals surface area (Å²) >= 11 is 0. The van der Waals surface area contributed by atoms with Crippen molar-refractivity contribution in [1.29, 1.82) is 0 Å². The number of allylic oxidation sites excluding steroid dienone is 2. The fourth-order valence-corrected chi connectivity index (χ4v) is 3.15. The lowest BCUT2D eigenvalue weighted by Crippen LogP contribution is -2.12. The lowest BCUT2D eigenvalue weighted by Gasteiger charge is -2.27. The molecule has 0 aromatic heterocycles. The van der Waals surface area contributed by atoms with Crippen molar-refractivity contribution in [3.63, 3.8) is 0 Å². The summed E-state index contributed by atoms with van der Waals surface area (Å²) in [6.45, 7) is 2.23. The van der Waals surface area contributed by atoms with Crippen LogP contribution in [0.25, 0.3) is 0 Å². The van der Waals surface area contributed by atoms with E-state index >= 15 is 0 Å². The Bertz CT molecular complexity index is 465. The van der Waals surface area contributed by atoms with Gasteiger partial charge in [-0.25, -0.2) is 4.79 Å². The third-order valence-corrected chi connectivity index (χ3v) is 4.53. The van der Waals surface area contributed by atoms with Crippen molar-refractivity contribution in [1.82, 2.24) is 0 Å². The van der Waals surface area contributed by atoms with E-state index in [1.807, 2.05) is 12.1 Å². The minimum atomic E-state index is -0.845. The molecule has 1 saturated carbocycles. The predicted octanol–water partition coefficient (Wildman–Crippen LogP) is 5.41. The Kier molecular flexibility index (Phi) is 6.04. The summed E-state index contributed by atoms with van der Waals surface area (Å²) in [5, 5.41) is 8.93. The first kappa shape index (κ1) is 15.8. The Morgan fingerprint density at radius 1 is 1.19 bits per heavy atom. The average Bonchev–Trinajstić information content (AvgIpc) is 2.52. The van der Waals surface area contributed by atoms with E-state index in [1.165, 1.54) is 50.5 Å². The third-order valence-electron chi connectivity index (χ3n) is 4.53. The van der Waals surface area contributed by atoms with Crippen LogP contribution in [-0.2, 0) is 0 Å². The van der Waals surface area contributed by atoms with Gasteiger partial charge in [0.25, 0.3) is 0 Å². The largest absolute Gasteiger partial charge is 0.478 e. The minimum Gasteiger partial charge on any atom is -0.478 e. The first-order valence-corrected chi connectivity index (χ1v) is 8.20. The maximum atomic E-state index is 10.9. The molecular weight excluding hydrogens is 260 g/mol. The normalized spacial score (nSPS) is 22.5. The smallest absolute Gasteiger partial charge is 0.335 e. The second-order valence-corrected chi connectivity index (χ2v) is 6.11. The molecule has 0 amide bonds. The first-order chi connectivity index (χ1) is 10.2. The highest BCUT2D eigenvalue weighted by Gasteiger charge is 2.20. The Balaban J connectivity index is 1.83. The van der Waals surface area contributed by atoms with Gasteiger partial charge in [0.05, 0.1) is 5.56 Å². The van der Waals surface area contributed by atoms with E-state index in [4.69, 9.17) is 5.11 Å². The number of aromatic carboxylic acids is 1. The number of carboxylic acid groups (broad SMARTS) is 1. The van der Waals surface area contributed by atoms with Crippen LogP contribution in [-0.4, -0.2) is 11.1 Å². The number of unbranched alkanes of at least 4 members (excludes halogenated alkanes) is 2. The summed E-state index contributed by atoms with van der Waals surface area (Å²) in [6.07, 6.45) is 13.5. The molecule has 0 unspecified atom stereocenters. The molecule has 114 valence electrons. The van der Waals surface area contributed by atoms with Gasteiger partial charge in [0.2, 0.25) is 0 Å². The van der Waals surface area contributed by atoms with E-state index in [9.17, 15) is 4.79 Å². The van der Waals surface area contributed by atoms with Crippen LogP contribution >= 0.6 is 0 Å². The minimum absolute atomic E-state index is 0.381. The molecule has 1 fully saturated rings. The maximum Gasteiger partial charge on any atom is 0.335 e. The summed E-state index contributed by atoms with van der Waals surface area (Å²) in [5.74, 6) is 0.506. The fraction of sp³-hybridized carbons (Fsp3) is 0.526. The van der Waals surface area contributed by atoms with Gasteiger partial charge in [-0.15, -0.1) is 0 Å². The Labute approximate surface area is 127 Å². The first-order valence-electron chi connectivity index (χ1n) is 8.20. The van der Waals surface area contributed by atoms with Crippen LogP contribution in [0.5, 0.6) is 0 Å². The van der Waals surface area contributed by atoms with E-state index in [0.717, 1.165) is 5.92 Å². The van der Waals surface area contributed by atoms with E-state index < -0.39 is 5.97 Å². The van der Waals surface area contributed by atoms with E-state index in [1.54, 1.807) is 12.1 Å². The molecule has 0 aliphatic heterocycles. The molecule has 2 heteroatoms. The summed E-state index contributed by atoms with van der Waals surface area (Å²) in [7, 11) is 0. The topological polar surface area (TPSA) is 37.3 Å². The number of benzene rings is 1. The van der Waals surface area contributed by atoms with Gasteiger partial charge in [0, 0.05) is 0 Å². The zero-order chi connectivity index (χ0) is 15.1. The Hall–Kier alpha value is -1.57. The average molecular weight is 286 g/mol. The van der Waals surface area contributed by atoms with Crippen molar-refractivity contribution in [2.45, 2.75) is 57.8 Å². The molecule has 2 rings (SSSR count). The lowest BCUT2D eigenvalue weighted by molar-refractivity contribution is 0.0697. The molecule has 0 radical (unpaired) electrons. The summed E-state index contributed by atoms with van der Waals surface area (Å²) in [5.41, 5.74) is 1.68. The van der Waals surface area contributed by atoms with Crippen molar-refractivity contribution >= 4 is 5.97 Å². The maximum absolute atomic E-state index is 10.9. The summed E-state index contributed by atoms with van der Waals surface area (Å²) in [4.78, 5) is 10.9. The molecule has 0 atom stereocenters. The van der Waals surface area contributed by atoms with Gasteiger partial charge in [-0.2, -0.15) is 0 Å². The molecule has 1 aromatic rings. The van der Waals surface area contributed by atoms with Gasteiger partial charge in [0.15, 0.2) is 0 Å². The van der Waals surface area contributed by atoms with Gasteiger partial charge in [-0.05, 0) is 61.6 Å². The molecular formula is C19H26O2. The van der Waals surface area contributed by atoms with E-state index in [0.29, 0.717) is 11.5 Å². The molecule has 1 aromatic carbocycles. The van der Waals surface area contributed by atoms with Crippen molar-refractivity contribution in [2.24, 2.45) is 5.92 Å². The predicted molar refractivity (Wildman–Crippen MR) is 86.8 cm³/mol. The second-order valence-electron chi connectivity index (χ2n) is 6.11. The molecule has 0 heterocycles. The third kappa shape index (κ3) is 4.73. The van der Waals surface area contributed by atoms with Crippen LogP contribution in [0.1, 0.15) is 73.7 Å². The van der Waals surface area contributed by atoms with Gasteiger partial charge in [0.1, 0.15) is 0 Å². The molecule has 1 aliphatic rings. The van der Waals surface area contributed by atoms with Crippen molar-refractivity contribution in [3.8, 4) is 0 Å². The fourth-order valence-electron chi connectivity index (χ4n) is 3.15. The highest BCUT2D eigenvalue weighted by Crippen LogP contribution is 2.36. The van der Waals surface area contributed by atoms with E-state index in [2.05, 4.69) is 19.1 Å². The van der Waals surface area contributed by atoms with Gasteiger partial charge < -0.3 is 5.11 Å². The van der Waals surface area contributed by atoms with Crippen molar-refractivity contribution in [2.75, 3.05) is 0 Å². The zero-order valence-electron chi connectivity index (χ0n) is 12.9. The monoisotopic (exact) mass is 286 g/mol. The quantitative estimate of drug-likeness (QED) is 0.561. The second kappa shape index (κ2) is 8.02. The standard InChI is InChI=1S/C19H26O2/c1-2-3-4-5-6-15-7-9-16(10-8-15)17-11-13-18(14-12-17)19(20)21/h5-6,11-16H,2-4,7-10H2,1H3,(H,20,21). The van der Waals surface area contributed by atoms with Gasteiger partial charge >= 0.3 is 5.97 Å². The molecule has 2 nitrogen and oxygen atoms in total. The number of carboxylic acids is 1. The SMILES string of the molecule is CCCCC=CC1CCC(c2ccc(C(=O)O)cc2)CC1. The van der Waals surface area contributed by atoms with E-state index in [-0.39, 0.29) is 0 Å².